The molecule has 92 valence electrons. The molecule has 0 radical (unpaired) electrons. The summed E-state index contributed by atoms with van der Waals surface area (Å²) in [4.78, 5) is 0. The summed E-state index contributed by atoms with van der Waals surface area (Å²) < 4.78 is 36.6. The van der Waals surface area contributed by atoms with Crippen LogP contribution in [0.1, 0.15) is 0 Å². The maximum atomic E-state index is 10.2. The molecule has 0 aliphatic carbocycles. The fraction of sp³-hybridized carbons (Fsp3) is 0.200. The molecule has 0 aliphatic rings. The second kappa shape index (κ2) is 7.41. The summed E-state index contributed by atoms with van der Waals surface area (Å²) in [5.74, 6) is 0.389. The van der Waals surface area contributed by atoms with Gasteiger partial charge in [0.05, 0.1) is 0 Å². The molecule has 1 aromatic carbocycles. The molecule has 5 nitrogen and oxygen atoms in total. The van der Waals surface area contributed by atoms with Gasteiger partial charge in [0.25, 0.3) is 0 Å². The van der Waals surface area contributed by atoms with Gasteiger partial charge in [-0.2, -0.15) is 0 Å². The van der Waals surface area contributed by atoms with Crippen LogP contribution < -0.4 is 51.4 Å². The van der Waals surface area contributed by atoms with Gasteiger partial charge in [-0.3, -0.25) is 0 Å². The number of fused-ring (bicyclic) bond motifs is 1. The molecule has 0 N–H and O–H groups in total. The second-order valence-electron chi connectivity index (χ2n) is 3.37. The smallest absolute Gasteiger partial charge is 0.725 e. The Morgan fingerprint density at radius 2 is 2.00 bits per heavy atom. The fourth-order valence-electron chi connectivity index (χ4n) is 1.56. The van der Waals surface area contributed by atoms with Crippen LogP contribution in [0.3, 0.4) is 0 Å². The largest absolute Gasteiger partial charge is 1.00 e. The van der Waals surface area contributed by atoms with Crippen LogP contribution in [0.2, 0.25) is 0 Å². The Morgan fingerprint density at radius 1 is 1.28 bits per heavy atom. The van der Waals surface area contributed by atoms with Crippen molar-refractivity contribution in [3.63, 3.8) is 0 Å². The standard InChI is InChI=1S/C10H11NO4S2.K/c12-17(13,14)15-16-8-7-11-6-5-9-3-1-2-4-10(9)11;/h1-6H,7-8H2,(H,12,13,14);/q;+1/p-1. The van der Waals surface area contributed by atoms with Crippen molar-refractivity contribution < 1.29 is 68.0 Å². The summed E-state index contributed by atoms with van der Waals surface area (Å²) >= 11 is 0.646. The van der Waals surface area contributed by atoms with Gasteiger partial charge in [-0.1, -0.05) is 18.2 Å². The van der Waals surface area contributed by atoms with Gasteiger partial charge in [0.2, 0.25) is 10.4 Å². The molecule has 0 aliphatic heterocycles. The minimum atomic E-state index is -4.60. The van der Waals surface area contributed by atoms with Gasteiger partial charge >= 0.3 is 51.4 Å². The van der Waals surface area contributed by atoms with E-state index in [2.05, 4.69) is 3.63 Å². The number of aryl methyl sites for hydroxylation is 1. The van der Waals surface area contributed by atoms with Crippen molar-refractivity contribution in [2.75, 3.05) is 5.75 Å². The molecule has 0 saturated carbocycles. The summed E-state index contributed by atoms with van der Waals surface area (Å²) in [6.45, 7) is 0.577. The summed E-state index contributed by atoms with van der Waals surface area (Å²) in [6.07, 6.45) is 1.91. The van der Waals surface area contributed by atoms with Crippen molar-refractivity contribution in [2.45, 2.75) is 6.54 Å². The molecule has 0 unspecified atom stereocenters. The number of rotatable bonds is 5. The SMILES string of the molecule is O=S(=O)([O-])OSCCn1ccc2ccccc21.[K+]. The zero-order valence-electron chi connectivity index (χ0n) is 9.78. The Labute approximate surface area is 152 Å². The van der Waals surface area contributed by atoms with Crippen LogP contribution in [0.5, 0.6) is 0 Å². The molecule has 0 fully saturated rings. The van der Waals surface area contributed by atoms with Gasteiger partial charge in [-0.15, -0.1) is 0 Å². The van der Waals surface area contributed by atoms with Gasteiger partial charge in [-0.05, 0) is 17.5 Å². The molecular weight excluding hydrogens is 301 g/mol. The number of hydrogen-bond acceptors (Lipinski definition) is 5. The van der Waals surface area contributed by atoms with Crippen LogP contribution >= 0.6 is 12.0 Å². The fourth-order valence-corrected chi connectivity index (χ4v) is 2.58. The first-order valence-corrected chi connectivity index (χ1v) is 7.11. The van der Waals surface area contributed by atoms with Crippen LogP contribution in [-0.2, 0) is 20.6 Å². The topological polar surface area (TPSA) is 71.4 Å². The van der Waals surface area contributed by atoms with E-state index in [9.17, 15) is 13.0 Å². The first-order valence-electron chi connectivity index (χ1n) is 4.87. The minimum absolute atomic E-state index is 0. The molecule has 0 bridgehead atoms. The molecule has 2 rings (SSSR count). The zero-order valence-corrected chi connectivity index (χ0v) is 14.5. The third-order valence-corrected chi connectivity index (χ3v) is 3.63. The van der Waals surface area contributed by atoms with E-state index < -0.39 is 10.4 Å². The average Bonchev–Trinajstić information content (AvgIpc) is 2.67. The van der Waals surface area contributed by atoms with Gasteiger partial charge in [-0.25, -0.2) is 12.0 Å². The first-order chi connectivity index (χ1) is 8.06. The molecule has 0 atom stereocenters. The van der Waals surface area contributed by atoms with E-state index in [0.717, 1.165) is 10.9 Å². The van der Waals surface area contributed by atoms with Gasteiger partial charge in [0, 0.05) is 36.1 Å². The van der Waals surface area contributed by atoms with Gasteiger partial charge < -0.3 is 9.12 Å². The molecule has 1 heterocycles. The van der Waals surface area contributed by atoms with E-state index in [1.807, 2.05) is 41.1 Å². The average molecular weight is 311 g/mol. The maximum absolute atomic E-state index is 10.2. The minimum Gasteiger partial charge on any atom is -0.725 e. The predicted molar refractivity (Wildman–Crippen MR) is 65.2 cm³/mol. The second-order valence-corrected chi connectivity index (χ2v) is 5.37. The molecule has 2 aromatic rings. The third kappa shape index (κ3) is 4.95. The van der Waals surface area contributed by atoms with Crippen LogP contribution in [0.25, 0.3) is 10.9 Å². The van der Waals surface area contributed by atoms with E-state index in [1.54, 1.807) is 0 Å². The van der Waals surface area contributed by atoms with E-state index in [0.29, 0.717) is 24.3 Å². The maximum Gasteiger partial charge on any atom is 1.00 e. The predicted octanol–water partition coefficient (Wildman–Crippen LogP) is -1.23. The van der Waals surface area contributed by atoms with Crippen LogP contribution in [0, 0.1) is 0 Å². The van der Waals surface area contributed by atoms with Crippen molar-refractivity contribution in [1.82, 2.24) is 4.57 Å². The normalized spacial score (nSPS) is 11.4. The summed E-state index contributed by atoms with van der Waals surface area (Å²) in [6, 6.07) is 9.84. The zero-order chi connectivity index (χ0) is 12.3. The molecular formula is C10H10KNO4S2. The van der Waals surface area contributed by atoms with Gasteiger partial charge in [0.15, 0.2) is 0 Å². The van der Waals surface area contributed by atoms with Crippen LogP contribution in [-0.4, -0.2) is 23.3 Å². The monoisotopic (exact) mass is 311 g/mol. The molecule has 0 amide bonds. The number of nitrogens with zero attached hydrogens (tertiary/aromatic N) is 1. The van der Waals surface area contributed by atoms with Crippen molar-refractivity contribution in [1.29, 1.82) is 0 Å². The Bertz CT molecular complexity index is 611. The Hall–Kier alpha value is 0.616. The van der Waals surface area contributed by atoms with Crippen LogP contribution in [0.15, 0.2) is 36.5 Å². The summed E-state index contributed by atoms with van der Waals surface area (Å²) in [5, 5.41) is 1.12. The molecule has 0 saturated heterocycles. The van der Waals surface area contributed by atoms with Gasteiger partial charge in [0.1, 0.15) is 0 Å². The Balaban J connectivity index is 0.00000162. The summed E-state index contributed by atoms with van der Waals surface area (Å²) in [5.41, 5.74) is 1.07. The number of para-hydroxylation sites is 1. The first kappa shape index (κ1) is 16.7. The number of hydrogen-bond donors (Lipinski definition) is 0. The number of benzene rings is 1. The Kier molecular flexibility index (Phi) is 6.86. The molecule has 18 heavy (non-hydrogen) atoms. The van der Waals surface area contributed by atoms with Crippen molar-refractivity contribution in [2.24, 2.45) is 0 Å². The number of aromatic nitrogens is 1. The van der Waals surface area contributed by atoms with Crippen molar-refractivity contribution in [3.8, 4) is 0 Å². The van der Waals surface area contributed by atoms with Crippen LogP contribution in [0.4, 0.5) is 0 Å². The van der Waals surface area contributed by atoms with Crippen molar-refractivity contribution in [3.05, 3.63) is 36.5 Å². The molecule has 0 spiro atoms. The van der Waals surface area contributed by atoms with E-state index in [4.69, 9.17) is 0 Å². The van der Waals surface area contributed by atoms with E-state index in [1.165, 1.54) is 0 Å². The van der Waals surface area contributed by atoms with E-state index >= 15 is 0 Å². The van der Waals surface area contributed by atoms with Crippen molar-refractivity contribution >= 4 is 33.3 Å². The quantitative estimate of drug-likeness (QED) is 0.227. The van der Waals surface area contributed by atoms with E-state index in [-0.39, 0.29) is 51.4 Å². The summed E-state index contributed by atoms with van der Waals surface area (Å²) in [7, 11) is -4.60. The molecule has 1 aromatic heterocycles. The Morgan fingerprint density at radius 3 is 2.72 bits per heavy atom. The third-order valence-electron chi connectivity index (χ3n) is 2.23. The molecule has 8 heteroatoms.